The fourth-order valence-electron chi connectivity index (χ4n) is 1.27. The van der Waals surface area contributed by atoms with Crippen molar-refractivity contribution in [2.45, 2.75) is 19.8 Å². The summed E-state index contributed by atoms with van der Waals surface area (Å²) >= 11 is 0. The largest absolute Gasteiger partial charge is 0.480 e. The van der Waals surface area contributed by atoms with E-state index in [0.717, 1.165) is 0 Å². The van der Waals surface area contributed by atoms with Gasteiger partial charge in [0.1, 0.15) is 11.5 Å². The van der Waals surface area contributed by atoms with Crippen LogP contribution in [0.4, 0.5) is 0 Å². The molecule has 7 nitrogen and oxygen atoms in total. The maximum atomic E-state index is 11.2. The maximum Gasteiger partial charge on any atom is 0.234 e. The Balaban J connectivity index is 2.15. The van der Waals surface area contributed by atoms with E-state index in [9.17, 15) is 4.79 Å². The lowest BCUT2D eigenvalue weighted by Gasteiger charge is -1.96. The average molecular weight is 248 g/mol. The predicted octanol–water partition coefficient (Wildman–Crippen LogP) is 1.06. The third kappa shape index (κ3) is 2.68. The Bertz CT molecular complexity index is 535. The lowest BCUT2D eigenvalue weighted by atomic mass is 10.2. The summed E-state index contributed by atoms with van der Waals surface area (Å²) in [6, 6.07) is 3.32. The van der Waals surface area contributed by atoms with Gasteiger partial charge in [-0.05, 0) is 6.07 Å². The van der Waals surface area contributed by atoms with Gasteiger partial charge in [0.25, 0.3) is 0 Å². The van der Waals surface area contributed by atoms with Gasteiger partial charge in [-0.25, -0.2) is 0 Å². The molecule has 94 valence electrons. The fourth-order valence-corrected chi connectivity index (χ4v) is 1.27. The van der Waals surface area contributed by atoms with Gasteiger partial charge in [0.05, 0.1) is 13.5 Å². The predicted molar refractivity (Wildman–Crippen MR) is 60.9 cm³/mol. The first-order chi connectivity index (χ1) is 8.72. The van der Waals surface area contributed by atoms with E-state index in [-0.39, 0.29) is 18.1 Å². The van der Waals surface area contributed by atoms with Gasteiger partial charge in [0.2, 0.25) is 17.6 Å². The Hall–Kier alpha value is -2.31. The Morgan fingerprint density at radius 3 is 2.83 bits per heavy atom. The van der Waals surface area contributed by atoms with Crippen molar-refractivity contribution in [2.75, 3.05) is 7.11 Å². The Morgan fingerprint density at radius 1 is 1.39 bits per heavy atom. The topological polar surface area (TPSA) is 91.0 Å². The zero-order chi connectivity index (χ0) is 13.0. The van der Waals surface area contributed by atoms with Crippen molar-refractivity contribution in [3.63, 3.8) is 0 Å². The molecule has 0 bridgehead atoms. The number of rotatable bonds is 5. The molecule has 0 atom stereocenters. The van der Waals surface area contributed by atoms with Crippen LogP contribution in [0.1, 0.15) is 19.2 Å². The highest BCUT2D eigenvalue weighted by Gasteiger charge is 2.12. The minimum atomic E-state index is 0.0472. The first-order valence-electron chi connectivity index (χ1n) is 5.45. The number of Topliss-reactive ketones (excluding diaryl/α,β-unsaturated/α-hetero) is 1. The van der Waals surface area contributed by atoms with Gasteiger partial charge >= 0.3 is 0 Å². The molecule has 0 amide bonds. The molecule has 18 heavy (non-hydrogen) atoms. The molecule has 7 heteroatoms. The van der Waals surface area contributed by atoms with Gasteiger partial charge < -0.3 is 9.26 Å². The van der Waals surface area contributed by atoms with Crippen LogP contribution in [0.3, 0.4) is 0 Å². The fraction of sp³-hybridized carbons (Fsp3) is 0.364. The Kier molecular flexibility index (Phi) is 3.61. The lowest BCUT2D eigenvalue weighted by Crippen LogP contribution is -2.00. The minimum Gasteiger partial charge on any atom is -0.480 e. The van der Waals surface area contributed by atoms with Crippen LogP contribution in [0.25, 0.3) is 11.5 Å². The average Bonchev–Trinajstić information content (AvgIpc) is 2.87. The van der Waals surface area contributed by atoms with E-state index < -0.39 is 0 Å². The Morgan fingerprint density at radius 2 is 2.22 bits per heavy atom. The summed E-state index contributed by atoms with van der Waals surface area (Å²) in [4.78, 5) is 15.3. The molecule has 2 heterocycles. The molecule has 0 unspecified atom stereocenters. The molecule has 0 aromatic carbocycles. The summed E-state index contributed by atoms with van der Waals surface area (Å²) < 4.78 is 9.86. The summed E-state index contributed by atoms with van der Waals surface area (Å²) in [6.45, 7) is 1.79. The minimum absolute atomic E-state index is 0.0472. The molecule has 2 aromatic heterocycles. The second kappa shape index (κ2) is 5.35. The van der Waals surface area contributed by atoms with Gasteiger partial charge in [-0.15, -0.1) is 10.2 Å². The standard InChI is InChI=1S/C11H12N4O3/c1-3-7(16)6-10-12-11(15-18-10)8-4-5-9(17-2)14-13-8/h4-5H,3,6H2,1-2H3. The molecule has 2 aromatic rings. The van der Waals surface area contributed by atoms with Gasteiger partial charge in [-0.2, -0.15) is 4.98 Å². The normalized spacial score (nSPS) is 10.3. The van der Waals surface area contributed by atoms with E-state index in [1.165, 1.54) is 7.11 Å². The van der Waals surface area contributed by atoms with Crippen LogP contribution in [0, 0.1) is 0 Å². The summed E-state index contributed by atoms with van der Waals surface area (Å²) in [7, 11) is 1.51. The van der Waals surface area contributed by atoms with Crippen molar-refractivity contribution in [1.29, 1.82) is 0 Å². The van der Waals surface area contributed by atoms with Crippen LogP contribution < -0.4 is 4.74 Å². The number of hydrogen-bond acceptors (Lipinski definition) is 7. The third-order valence-corrected chi connectivity index (χ3v) is 2.29. The summed E-state index contributed by atoms with van der Waals surface area (Å²) in [5.41, 5.74) is 0.467. The van der Waals surface area contributed by atoms with Crippen molar-refractivity contribution in [3.8, 4) is 17.4 Å². The van der Waals surface area contributed by atoms with Crippen LogP contribution in [0.5, 0.6) is 5.88 Å². The molecular formula is C11H12N4O3. The summed E-state index contributed by atoms with van der Waals surface area (Å²) in [6.07, 6.45) is 0.590. The molecule has 0 N–H and O–H groups in total. The van der Waals surface area contributed by atoms with Crippen LogP contribution >= 0.6 is 0 Å². The van der Waals surface area contributed by atoms with Crippen molar-refractivity contribution in [1.82, 2.24) is 20.3 Å². The van der Waals surface area contributed by atoms with E-state index >= 15 is 0 Å². The molecule has 0 fully saturated rings. The van der Waals surface area contributed by atoms with Crippen LogP contribution in [-0.4, -0.2) is 33.2 Å². The van der Waals surface area contributed by atoms with Crippen LogP contribution in [0.2, 0.25) is 0 Å². The summed E-state index contributed by atoms with van der Waals surface area (Å²) in [5, 5.41) is 11.4. The number of ether oxygens (including phenoxy) is 1. The maximum absolute atomic E-state index is 11.2. The number of methoxy groups -OCH3 is 1. The smallest absolute Gasteiger partial charge is 0.234 e. The number of carbonyl (C=O) groups is 1. The van der Waals surface area contributed by atoms with E-state index in [4.69, 9.17) is 9.26 Å². The van der Waals surface area contributed by atoms with E-state index in [1.807, 2.05) is 0 Å². The highest BCUT2D eigenvalue weighted by atomic mass is 16.5. The molecule has 0 radical (unpaired) electrons. The van der Waals surface area contributed by atoms with Gasteiger partial charge in [0, 0.05) is 12.5 Å². The van der Waals surface area contributed by atoms with Crippen molar-refractivity contribution in [3.05, 3.63) is 18.0 Å². The first kappa shape index (κ1) is 12.2. The molecule has 0 aliphatic heterocycles. The second-order valence-corrected chi connectivity index (χ2v) is 3.54. The lowest BCUT2D eigenvalue weighted by molar-refractivity contribution is -0.118. The number of ketones is 1. The number of carbonyl (C=O) groups excluding carboxylic acids is 1. The third-order valence-electron chi connectivity index (χ3n) is 2.29. The highest BCUT2D eigenvalue weighted by Crippen LogP contribution is 2.14. The molecule has 0 aliphatic rings. The monoisotopic (exact) mass is 248 g/mol. The first-order valence-corrected chi connectivity index (χ1v) is 5.45. The van der Waals surface area contributed by atoms with E-state index in [0.29, 0.717) is 23.8 Å². The molecule has 0 saturated carbocycles. The Labute approximate surface area is 103 Å². The SMILES string of the molecule is CCC(=O)Cc1nc(-c2ccc(OC)nn2)no1. The second-order valence-electron chi connectivity index (χ2n) is 3.54. The van der Waals surface area contributed by atoms with Crippen LogP contribution in [0.15, 0.2) is 16.7 Å². The zero-order valence-corrected chi connectivity index (χ0v) is 10.1. The molecule has 0 aliphatic carbocycles. The van der Waals surface area contributed by atoms with E-state index in [1.54, 1.807) is 19.1 Å². The number of nitrogens with zero attached hydrogens (tertiary/aromatic N) is 4. The van der Waals surface area contributed by atoms with Gasteiger partial charge in [-0.1, -0.05) is 12.1 Å². The van der Waals surface area contributed by atoms with Crippen LogP contribution in [-0.2, 0) is 11.2 Å². The zero-order valence-electron chi connectivity index (χ0n) is 10.1. The molecule has 0 spiro atoms. The van der Waals surface area contributed by atoms with Crippen molar-refractivity contribution < 1.29 is 14.1 Å². The van der Waals surface area contributed by atoms with Gasteiger partial charge in [-0.3, -0.25) is 4.79 Å². The molecule has 2 rings (SSSR count). The quantitative estimate of drug-likeness (QED) is 0.781. The molecule has 0 saturated heterocycles. The number of aromatic nitrogens is 4. The van der Waals surface area contributed by atoms with Crippen molar-refractivity contribution in [2.24, 2.45) is 0 Å². The van der Waals surface area contributed by atoms with E-state index in [2.05, 4.69) is 20.3 Å². The summed E-state index contributed by atoms with van der Waals surface area (Å²) in [5.74, 6) is 1.05. The van der Waals surface area contributed by atoms with Gasteiger partial charge in [0.15, 0.2) is 0 Å². The molecular weight excluding hydrogens is 236 g/mol. The highest BCUT2D eigenvalue weighted by molar-refractivity contribution is 5.79. The number of hydrogen-bond donors (Lipinski definition) is 0. The van der Waals surface area contributed by atoms with Crippen molar-refractivity contribution >= 4 is 5.78 Å².